The largest absolute Gasteiger partial charge is 0.444 e. The number of hydrogen-bond acceptors (Lipinski definition) is 5. The lowest BCUT2D eigenvalue weighted by Gasteiger charge is -2.34. The molecule has 7 heteroatoms. The summed E-state index contributed by atoms with van der Waals surface area (Å²) in [6, 6.07) is 17.1. The van der Waals surface area contributed by atoms with Gasteiger partial charge in [-0.15, -0.1) is 0 Å². The van der Waals surface area contributed by atoms with Crippen LogP contribution in [0.4, 0.5) is 9.59 Å². The first-order valence-corrected chi connectivity index (χ1v) is 15.1. The monoisotopic (exact) mass is 564 g/mol. The summed E-state index contributed by atoms with van der Waals surface area (Å²) < 4.78 is 17.5. The molecular weight excluding hydrogens is 516 g/mol. The highest BCUT2D eigenvalue weighted by Gasteiger charge is 2.30. The number of likely N-dealkylation sites (tertiary alicyclic amines) is 2. The molecule has 0 aliphatic carbocycles. The number of hydrogen-bond donors (Lipinski definition) is 0. The summed E-state index contributed by atoms with van der Waals surface area (Å²) in [6.45, 7) is 15.3. The molecule has 0 spiro atoms. The van der Waals surface area contributed by atoms with Crippen molar-refractivity contribution in [2.24, 2.45) is 0 Å². The molecule has 4 rings (SSSR count). The zero-order chi connectivity index (χ0) is 29.6. The Morgan fingerprint density at radius 3 is 1.32 bits per heavy atom. The molecular formula is C34H48N2O5. The average Bonchev–Trinajstić information content (AvgIpc) is 2.92. The van der Waals surface area contributed by atoms with Gasteiger partial charge in [-0.3, -0.25) is 0 Å². The molecule has 2 saturated heterocycles. The summed E-state index contributed by atoms with van der Waals surface area (Å²) in [4.78, 5) is 28.7. The summed E-state index contributed by atoms with van der Waals surface area (Å²) in [5, 5.41) is 0. The van der Waals surface area contributed by atoms with Crippen LogP contribution in [0.25, 0.3) is 0 Å². The summed E-state index contributed by atoms with van der Waals surface area (Å²) in [5.41, 5.74) is 4.11. The third kappa shape index (κ3) is 8.96. The first kappa shape index (κ1) is 30.9. The normalized spacial score (nSPS) is 17.4. The van der Waals surface area contributed by atoms with Gasteiger partial charge in [-0.05, 0) is 101 Å². The minimum absolute atomic E-state index is 0.221. The Labute approximate surface area is 246 Å². The Kier molecular flexibility index (Phi) is 10.0. The van der Waals surface area contributed by atoms with Gasteiger partial charge in [-0.1, -0.05) is 48.5 Å². The van der Waals surface area contributed by atoms with Gasteiger partial charge in [0, 0.05) is 26.2 Å². The molecule has 7 nitrogen and oxygen atoms in total. The van der Waals surface area contributed by atoms with Gasteiger partial charge in [0.2, 0.25) is 0 Å². The highest BCUT2D eigenvalue weighted by Crippen LogP contribution is 2.33. The zero-order valence-corrected chi connectivity index (χ0v) is 25.8. The van der Waals surface area contributed by atoms with Crippen molar-refractivity contribution in [2.45, 2.75) is 103 Å². The molecule has 0 radical (unpaired) electrons. The van der Waals surface area contributed by atoms with Crippen molar-refractivity contribution in [2.75, 3.05) is 26.2 Å². The van der Waals surface area contributed by atoms with Crippen molar-refractivity contribution in [3.8, 4) is 0 Å². The number of carbonyl (C=O) groups excluding carboxylic acids is 2. The predicted octanol–water partition coefficient (Wildman–Crippen LogP) is 7.63. The molecule has 2 amide bonds. The molecule has 0 saturated carbocycles. The molecule has 224 valence electrons. The second kappa shape index (κ2) is 13.3. The van der Waals surface area contributed by atoms with Crippen LogP contribution in [-0.2, 0) is 27.4 Å². The van der Waals surface area contributed by atoms with E-state index in [-0.39, 0.29) is 12.2 Å². The maximum absolute atomic E-state index is 12.5. The van der Waals surface area contributed by atoms with Crippen molar-refractivity contribution in [1.29, 1.82) is 0 Å². The van der Waals surface area contributed by atoms with E-state index in [1.165, 1.54) is 22.3 Å². The Morgan fingerprint density at radius 1 is 0.634 bits per heavy atom. The van der Waals surface area contributed by atoms with Gasteiger partial charge < -0.3 is 24.0 Å². The van der Waals surface area contributed by atoms with Gasteiger partial charge in [0.1, 0.15) is 11.2 Å². The third-order valence-electron chi connectivity index (χ3n) is 7.80. The molecule has 0 aromatic heterocycles. The highest BCUT2D eigenvalue weighted by molar-refractivity contribution is 5.68. The van der Waals surface area contributed by atoms with Gasteiger partial charge in [-0.2, -0.15) is 0 Å². The highest BCUT2D eigenvalue weighted by atomic mass is 16.6. The van der Waals surface area contributed by atoms with Crippen LogP contribution < -0.4 is 0 Å². The van der Waals surface area contributed by atoms with Crippen LogP contribution in [0.5, 0.6) is 0 Å². The van der Waals surface area contributed by atoms with E-state index in [0.717, 1.165) is 25.7 Å². The number of nitrogens with zero attached hydrogens (tertiary/aromatic N) is 2. The first-order chi connectivity index (χ1) is 19.4. The third-order valence-corrected chi connectivity index (χ3v) is 7.80. The van der Waals surface area contributed by atoms with Crippen molar-refractivity contribution >= 4 is 12.2 Å². The first-order valence-electron chi connectivity index (χ1n) is 15.1. The summed E-state index contributed by atoms with van der Waals surface area (Å²) in [7, 11) is 0. The lowest BCUT2D eigenvalue weighted by atomic mass is 9.86. The number of ether oxygens (including phenoxy) is 3. The van der Waals surface area contributed by atoms with Gasteiger partial charge in [-0.25, -0.2) is 9.59 Å². The Morgan fingerprint density at radius 2 is 0.976 bits per heavy atom. The fraction of sp³-hybridized carbons (Fsp3) is 0.588. The molecule has 41 heavy (non-hydrogen) atoms. The molecule has 2 aliphatic heterocycles. The van der Waals surface area contributed by atoms with Crippen LogP contribution in [0, 0.1) is 0 Å². The van der Waals surface area contributed by atoms with Crippen molar-refractivity contribution in [3.63, 3.8) is 0 Å². The van der Waals surface area contributed by atoms with Gasteiger partial charge in [0.05, 0.1) is 13.2 Å². The van der Waals surface area contributed by atoms with Crippen LogP contribution in [-0.4, -0.2) is 59.4 Å². The topological polar surface area (TPSA) is 68.3 Å². The van der Waals surface area contributed by atoms with E-state index in [1.54, 1.807) is 0 Å². The van der Waals surface area contributed by atoms with E-state index in [1.807, 2.05) is 51.3 Å². The van der Waals surface area contributed by atoms with Crippen molar-refractivity contribution in [1.82, 2.24) is 9.80 Å². The molecule has 0 N–H and O–H groups in total. The maximum atomic E-state index is 12.5. The summed E-state index contributed by atoms with van der Waals surface area (Å²) in [5.74, 6) is 0.798. The van der Waals surface area contributed by atoms with E-state index in [9.17, 15) is 9.59 Å². The molecule has 2 fully saturated rings. The lowest BCUT2D eigenvalue weighted by molar-refractivity contribution is 0.0194. The summed E-state index contributed by atoms with van der Waals surface area (Å²) in [6.07, 6.45) is 3.23. The number of rotatable bonds is 6. The van der Waals surface area contributed by atoms with Crippen LogP contribution in [0.1, 0.15) is 101 Å². The fourth-order valence-electron chi connectivity index (χ4n) is 5.80. The smallest absolute Gasteiger partial charge is 0.410 e. The zero-order valence-electron chi connectivity index (χ0n) is 25.8. The van der Waals surface area contributed by atoms with E-state index in [4.69, 9.17) is 14.2 Å². The molecule has 2 aromatic rings. The lowest BCUT2D eigenvalue weighted by Crippen LogP contribution is -2.41. The summed E-state index contributed by atoms with van der Waals surface area (Å²) >= 11 is 0. The Balaban J connectivity index is 1.31. The average molecular weight is 565 g/mol. The quantitative estimate of drug-likeness (QED) is 0.361. The minimum Gasteiger partial charge on any atom is -0.444 e. The SMILES string of the molecule is CC(C)(C)OC(=O)N1CCC(c2ccccc2COCc2ccccc2C2CCN(C(=O)OC(C)(C)C)CC2)CC1. The molecule has 0 atom stereocenters. The predicted molar refractivity (Wildman–Crippen MR) is 161 cm³/mol. The van der Waals surface area contributed by atoms with Gasteiger partial charge >= 0.3 is 12.2 Å². The van der Waals surface area contributed by atoms with Gasteiger partial charge in [0.25, 0.3) is 0 Å². The standard InChI is InChI=1S/C34H48N2O5/c1-33(2,3)40-31(37)35-19-15-25(16-20-35)29-13-9-7-11-27(29)23-39-24-28-12-8-10-14-30(28)26-17-21-36(22-18-26)32(38)41-34(4,5)6/h7-14,25-26H,15-24H2,1-6H3. The molecule has 0 bridgehead atoms. The van der Waals surface area contributed by atoms with Crippen LogP contribution in [0.2, 0.25) is 0 Å². The number of amides is 2. The Hall–Kier alpha value is -3.06. The number of benzene rings is 2. The molecule has 2 heterocycles. The maximum Gasteiger partial charge on any atom is 0.410 e. The van der Waals surface area contributed by atoms with E-state index < -0.39 is 11.2 Å². The van der Waals surface area contributed by atoms with Crippen LogP contribution in [0.3, 0.4) is 0 Å². The fourth-order valence-corrected chi connectivity index (χ4v) is 5.80. The van der Waals surface area contributed by atoms with E-state index in [2.05, 4.69) is 48.5 Å². The molecule has 2 aliphatic rings. The number of piperidine rings is 2. The molecule has 2 aromatic carbocycles. The second-order valence-electron chi connectivity index (χ2n) is 13.4. The number of carbonyl (C=O) groups is 2. The minimum atomic E-state index is -0.478. The van der Waals surface area contributed by atoms with Crippen molar-refractivity contribution in [3.05, 3.63) is 70.8 Å². The molecule has 0 unspecified atom stereocenters. The van der Waals surface area contributed by atoms with Crippen molar-refractivity contribution < 1.29 is 23.8 Å². The van der Waals surface area contributed by atoms with E-state index in [0.29, 0.717) is 51.2 Å². The van der Waals surface area contributed by atoms with E-state index >= 15 is 0 Å². The van der Waals surface area contributed by atoms with Crippen LogP contribution in [0.15, 0.2) is 48.5 Å². The Bertz CT molecular complexity index is 1070. The van der Waals surface area contributed by atoms with Crippen LogP contribution >= 0.6 is 0 Å². The second-order valence-corrected chi connectivity index (χ2v) is 13.4. The van der Waals surface area contributed by atoms with Gasteiger partial charge in [0.15, 0.2) is 0 Å².